The number of nitrogens with zero attached hydrogens (tertiary/aromatic N) is 4. The van der Waals surface area contributed by atoms with Crippen LogP contribution in [-0.4, -0.2) is 32.8 Å². The number of halogens is 1. The molecule has 1 unspecified atom stereocenters. The van der Waals surface area contributed by atoms with Gasteiger partial charge in [0.05, 0.1) is 42.1 Å². The molecule has 28 heavy (non-hydrogen) atoms. The molecule has 2 N–H and O–H groups in total. The zero-order chi connectivity index (χ0) is 19.8. The molecule has 0 aliphatic heterocycles. The molecule has 0 spiro atoms. The van der Waals surface area contributed by atoms with Crippen molar-refractivity contribution in [1.29, 1.82) is 0 Å². The minimum atomic E-state index is -0.383. The number of aryl methyl sites for hydroxylation is 1. The van der Waals surface area contributed by atoms with Gasteiger partial charge in [0.2, 0.25) is 11.8 Å². The number of aromatic nitrogens is 4. The number of rotatable bonds is 3. The van der Waals surface area contributed by atoms with E-state index in [1.807, 2.05) is 0 Å². The summed E-state index contributed by atoms with van der Waals surface area (Å²) in [5.41, 5.74) is 9.38. The number of fused-ring (bicyclic) bond motifs is 1. The number of ketones is 1. The molecule has 4 rings (SSSR count). The maximum absolute atomic E-state index is 14.1. The number of Topliss-reactive ketones (excluding diaryl/α,β-unsaturated/α-hetero) is 1. The van der Waals surface area contributed by atoms with Crippen LogP contribution in [0.1, 0.15) is 39.6 Å². The quantitative estimate of drug-likeness (QED) is 0.746. The van der Waals surface area contributed by atoms with Crippen molar-refractivity contribution in [1.82, 2.24) is 19.9 Å². The summed E-state index contributed by atoms with van der Waals surface area (Å²) in [4.78, 5) is 29.6. The highest BCUT2D eigenvalue weighted by atomic mass is 19.1. The van der Waals surface area contributed by atoms with Crippen LogP contribution in [0.3, 0.4) is 0 Å². The lowest BCUT2D eigenvalue weighted by atomic mass is 9.79. The minimum Gasteiger partial charge on any atom is -0.480 e. The Morgan fingerprint density at radius 3 is 2.79 bits per heavy atom. The molecule has 0 radical (unpaired) electrons. The second-order valence-electron chi connectivity index (χ2n) is 6.70. The van der Waals surface area contributed by atoms with Crippen LogP contribution in [0.25, 0.3) is 11.3 Å². The number of methoxy groups -OCH3 is 1. The lowest BCUT2D eigenvalue weighted by molar-refractivity contribution is 0.0962. The van der Waals surface area contributed by atoms with Gasteiger partial charge >= 0.3 is 0 Å². The van der Waals surface area contributed by atoms with E-state index in [0.29, 0.717) is 46.1 Å². The first kappa shape index (κ1) is 18.0. The fraction of sp³-hybridized carbons (Fsp3) is 0.250. The van der Waals surface area contributed by atoms with Gasteiger partial charge in [-0.25, -0.2) is 19.3 Å². The molecule has 1 aliphatic rings. The van der Waals surface area contributed by atoms with Gasteiger partial charge in [0.1, 0.15) is 5.82 Å². The number of hydrogen-bond acceptors (Lipinski definition) is 7. The molecule has 1 aliphatic carbocycles. The van der Waals surface area contributed by atoms with Gasteiger partial charge in [-0.3, -0.25) is 9.78 Å². The molecular formula is C20H18FN5O2. The molecular weight excluding hydrogens is 361 g/mol. The zero-order valence-corrected chi connectivity index (χ0v) is 15.4. The van der Waals surface area contributed by atoms with Crippen LogP contribution in [0.5, 0.6) is 5.88 Å². The fourth-order valence-corrected chi connectivity index (χ4v) is 3.70. The largest absolute Gasteiger partial charge is 0.480 e. The third-order valence-corrected chi connectivity index (χ3v) is 4.88. The molecule has 3 aromatic rings. The van der Waals surface area contributed by atoms with E-state index < -0.39 is 0 Å². The van der Waals surface area contributed by atoms with Gasteiger partial charge in [0, 0.05) is 12.0 Å². The molecule has 7 nitrogen and oxygen atoms in total. The summed E-state index contributed by atoms with van der Waals surface area (Å²) in [6.45, 7) is 1.74. The molecule has 2 heterocycles. The highest BCUT2D eigenvalue weighted by molar-refractivity contribution is 6.00. The number of anilines is 1. The topological polar surface area (TPSA) is 104 Å². The van der Waals surface area contributed by atoms with E-state index in [-0.39, 0.29) is 29.9 Å². The fourth-order valence-electron chi connectivity index (χ4n) is 3.70. The van der Waals surface area contributed by atoms with Crippen LogP contribution in [0.15, 0.2) is 30.6 Å². The smallest absolute Gasteiger partial charge is 0.232 e. The van der Waals surface area contributed by atoms with Crippen LogP contribution in [-0.2, 0) is 6.42 Å². The number of nitrogens with two attached hydrogens (primary N) is 1. The monoisotopic (exact) mass is 379 g/mol. The third-order valence-electron chi connectivity index (χ3n) is 4.88. The van der Waals surface area contributed by atoms with Gasteiger partial charge < -0.3 is 10.5 Å². The molecule has 1 atom stereocenters. The van der Waals surface area contributed by atoms with Crippen molar-refractivity contribution in [2.24, 2.45) is 0 Å². The Morgan fingerprint density at radius 2 is 2.00 bits per heavy atom. The Kier molecular flexibility index (Phi) is 4.46. The predicted molar refractivity (Wildman–Crippen MR) is 101 cm³/mol. The standard InChI is InChI=1S/C20H18FN5O2/c1-10-19-15(26-20(22)24-10)5-11(6-17(19)27)14-7-12(21)3-4-13(14)16-8-23-9-18(25-16)28-2/h3-4,7-9,11H,5-6H2,1-2H3,(H2,22,24,26). The summed E-state index contributed by atoms with van der Waals surface area (Å²) in [6, 6.07) is 4.45. The van der Waals surface area contributed by atoms with E-state index in [4.69, 9.17) is 10.5 Å². The Balaban J connectivity index is 1.81. The number of carbonyl (C=O) groups is 1. The second-order valence-corrected chi connectivity index (χ2v) is 6.70. The lowest BCUT2D eigenvalue weighted by Gasteiger charge is -2.26. The summed E-state index contributed by atoms with van der Waals surface area (Å²) in [5.74, 6) is -0.230. The van der Waals surface area contributed by atoms with Crippen LogP contribution < -0.4 is 10.5 Å². The lowest BCUT2D eigenvalue weighted by Crippen LogP contribution is -2.23. The molecule has 0 amide bonds. The maximum Gasteiger partial charge on any atom is 0.232 e. The highest BCUT2D eigenvalue weighted by Gasteiger charge is 2.31. The van der Waals surface area contributed by atoms with Crippen molar-refractivity contribution in [3.63, 3.8) is 0 Å². The van der Waals surface area contributed by atoms with Crippen molar-refractivity contribution in [3.8, 4) is 17.1 Å². The molecule has 0 fully saturated rings. The number of ether oxygens (including phenoxy) is 1. The van der Waals surface area contributed by atoms with Gasteiger partial charge in [-0.05, 0) is 43.0 Å². The first-order valence-electron chi connectivity index (χ1n) is 8.78. The molecule has 0 bridgehead atoms. The first-order chi connectivity index (χ1) is 13.5. The predicted octanol–water partition coefficient (Wildman–Crippen LogP) is 2.88. The van der Waals surface area contributed by atoms with Crippen molar-refractivity contribution in [3.05, 3.63) is 58.9 Å². The number of benzene rings is 1. The summed E-state index contributed by atoms with van der Waals surface area (Å²) in [5, 5.41) is 0. The molecule has 142 valence electrons. The molecule has 0 saturated carbocycles. The maximum atomic E-state index is 14.1. The summed E-state index contributed by atoms with van der Waals surface area (Å²) < 4.78 is 19.2. The number of hydrogen-bond donors (Lipinski definition) is 1. The van der Waals surface area contributed by atoms with E-state index in [0.717, 1.165) is 0 Å². The molecule has 2 aromatic heterocycles. The van der Waals surface area contributed by atoms with E-state index in [9.17, 15) is 9.18 Å². The van der Waals surface area contributed by atoms with Gasteiger partial charge in [-0.1, -0.05) is 0 Å². The molecule has 0 saturated heterocycles. The molecule has 1 aromatic carbocycles. The van der Waals surface area contributed by atoms with Gasteiger partial charge in [-0.2, -0.15) is 0 Å². The average molecular weight is 379 g/mol. The molecule has 8 heteroatoms. The van der Waals surface area contributed by atoms with Crippen molar-refractivity contribution >= 4 is 11.7 Å². The summed E-state index contributed by atoms with van der Waals surface area (Å²) in [7, 11) is 1.50. The van der Waals surface area contributed by atoms with E-state index in [1.165, 1.54) is 25.4 Å². The van der Waals surface area contributed by atoms with Crippen molar-refractivity contribution in [2.75, 3.05) is 12.8 Å². The van der Waals surface area contributed by atoms with Gasteiger partial charge in [0.15, 0.2) is 5.78 Å². The zero-order valence-electron chi connectivity index (χ0n) is 15.4. The van der Waals surface area contributed by atoms with Crippen LogP contribution >= 0.6 is 0 Å². The summed E-state index contributed by atoms with van der Waals surface area (Å²) >= 11 is 0. The van der Waals surface area contributed by atoms with E-state index in [1.54, 1.807) is 19.2 Å². The number of nitrogen functional groups attached to an aromatic ring is 1. The van der Waals surface area contributed by atoms with Gasteiger partial charge in [-0.15, -0.1) is 0 Å². The third kappa shape index (κ3) is 3.17. The summed E-state index contributed by atoms with van der Waals surface area (Å²) in [6.07, 6.45) is 3.77. The normalized spacial score (nSPS) is 16.0. The second kappa shape index (κ2) is 6.95. The SMILES string of the molecule is COc1cncc(-c2ccc(F)cc2C2CC(=O)c3c(C)nc(N)nc3C2)n1. The first-order valence-corrected chi connectivity index (χ1v) is 8.78. The van der Waals surface area contributed by atoms with Gasteiger partial charge in [0.25, 0.3) is 0 Å². The van der Waals surface area contributed by atoms with Crippen molar-refractivity contribution < 1.29 is 13.9 Å². The Hall–Kier alpha value is -3.42. The van der Waals surface area contributed by atoms with E-state index >= 15 is 0 Å². The highest BCUT2D eigenvalue weighted by Crippen LogP contribution is 2.38. The Morgan fingerprint density at radius 1 is 1.18 bits per heavy atom. The van der Waals surface area contributed by atoms with Crippen LogP contribution in [0.2, 0.25) is 0 Å². The Labute approximate surface area is 160 Å². The van der Waals surface area contributed by atoms with E-state index in [2.05, 4.69) is 19.9 Å². The van der Waals surface area contributed by atoms with Crippen LogP contribution in [0, 0.1) is 12.7 Å². The minimum absolute atomic E-state index is 0.0734. The van der Waals surface area contributed by atoms with Crippen LogP contribution in [0.4, 0.5) is 10.3 Å². The Bertz CT molecular complexity index is 1090. The average Bonchev–Trinajstić information content (AvgIpc) is 2.67. The number of carbonyl (C=O) groups excluding carboxylic acids is 1. The van der Waals surface area contributed by atoms with Crippen molar-refractivity contribution in [2.45, 2.75) is 25.7 Å².